The molecule has 1 aromatic rings. The smallest absolute Gasteiger partial charge is 0.269 e. The van der Waals surface area contributed by atoms with Crippen molar-refractivity contribution in [3.05, 3.63) is 33.9 Å². The number of ketones is 1. The van der Waals surface area contributed by atoms with Gasteiger partial charge in [-0.15, -0.1) is 0 Å². The van der Waals surface area contributed by atoms with Gasteiger partial charge in [0.05, 0.1) is 4.92 Å². The number of nitro benzene ring substituents is 1. The molecular weight excluding hydrogens is 258 g/mol. The second kappa shape index (κ2) is 5.61. The molecule has 2 rings (SSSR count). The number of ether oxygens (including phenoxy) is 1. The molecule has 0 aliphatic carbocycles. The zero-order valence-electron chi connectivity index (χ0n) is 11.8. The maximum Gasteiger partial charge on any atom is 0.269 e. The van der Waals surface area contributed by atoms with Crippen LogP contribution < -0.4 is 4.74 Å². The van der Waals surface area contributed by atoms with E-state index in [4.69, 9.17) is 4.74 Å². The van der Waals surface area contributed by atoms with E-state index < -0.39 is 10.5 Å². The molecule has 0 bridgehead atoms. The van der Waals surface area contributed by atoms with Gasteiger partial charge >= 0.3 is 0 Å². The Labute approximate surface area is 118 Å². The molecule has 0 amide bonds. The van der Waals surface area contributed by atoms with Crippen LogP contribution in [0.4, 0.5) is 5.69 Å². The number of benzene rings is 1. The highest BCUT2D eigenvalue weighted by Gasteiger charge is 2.44. The van der Waals surface area contributed by atoms with Crippen LogP contribution in [0.5, 0.6) is 5.75 Å². The van der Waals surface area contributed by atoms with E-state index in [0.717, 1.165) is 18.4 Å². The highest BCUT2D eigenvalue weighted by molar-refractivity contribution is 5.88. The maximum absolute atomic E-state index is 12.3. The Balaban J connectivity index is 2.31. The van der Waals surface area contributed by atoms with Crippen LogP contribution in [0, 0.1) is 10.1 Å². The van der Waals surface area contributed by atoms with Crippen molar-refractivity contribution in [3.8, 4) is 5.75 Å². The van der Waals surface area contributed by atoms with E-state index in [0.29, 0.717) is 25.0 Å². The quantitative estimate of drug-likeness (QED) is 0.590. The summed E-state index contributed by atoms with van der Waals surface area (Å²) in [4.78, 5) is 22.7. The van der Waals surface area contributed by atoms with Gasteiger partial charge in [0.25, 0.3) is 5.69 Å². The average molecular weight is 277 g/mol. The summed E-state index contributed by atoms with van der Waals surface area (Å²) >= 11 is 0. The van der Waals surface area contributed by atoms with Crippen LogP contribution in [0.25, 0.3) is 0 Å². The highest BCUT2D eigenvalue weighted by Crippen LogP contribution is 2.40. The number of carbonyl (C=O) groups is 1. The first-order valence-electron chi connectivity index (χ1n) is 7.02. The van der Waals surface area contributed by atoms with Crippen LogP contribution in [-0.4, -0.2) is 16.3 Å². The van der Waals surface area contributed by atoms with Crippen LogP contribution in [0.15, 0.2) is 18.2 Å². The fraction of sp³-hybridized carbons (Fsp3) is 0.533. The summed E-state index contributed by atoms with van der Waals surface area (Å²) in [6, 6.07) is 4.54. The third-order valence-electron chi connectivity index (χ3n) is 3.80. The van der Waals surface area contributed by atoms with Crippen molar-refractivity contribution >= 4 is 11.5 Å². The third-order valence-corrected chi connectivity index (χ3v) is 3.80. The highest BCUT2D eigenvalue weighted by atomic mass is 16.6. The second-order valence-electron chi connectivity index (χ2n) is 5.20. The lowest BCUT2D eigenvalue weighted by Crippen LogP contribution is -2.43. The molecule has 0 fully saturated rings. The summed E-state index contributed by atoms with van der Waals surface area (Å²) in [7, 11) is 0. The van der Waals surface area contributed by atoms with Crippen molar-refractivity contribution in [1.29, 1.82) is 0 Å². The van der Waals surface area contributed by atoms with Crippen LogP contribution >= 0.6 is 0 Å². The van der Waals surface area contributed by atoms with Crippen LogP contribution in [0.1, 0.15) is 45.1 Å². The van der Waals surface area contributed by atoms with E-state index in [1.165, 1.54) is 12.1 Å². The van der Waals surface area contributed by atoms with Crippen molar-refractivity contribution in [2.45, 2.75) is 51.6 Å². The zero-order valence-corrected chi connectivity index (χ0v) is 11.8. The molecule has 1 unspecified atom stereocenters. The number of hydrogen-bond acceptors (Lipinski definition) is 4. The number of nitrogens with zero attached hydrogens (tertiary/aromatic N) is 1. The van der Waals surface area contributed by atoms with Gasteiger partial charge in [0.15, 0.2) is 11.4 Å². The van der Waals surface area contributed by atoms with Gasteiger partial charge in [-0.25, -0.2) is 0 Å². The van der Waals surface area contributed by atoms with Gasteiger partial charge in [-0.2, -0.15) is 0 Å². The Bertz CT molecular complexity index is 541. The third kappa shape index (κ3) is 2.53. The van der Waals surface area contributed by atoms with Crippen molar-refractivity contribution in [3.63, 3.8) is 0 Å². The lowest BCUT2D eigenvalue weighted by Gasteiger charge is -2.26. The number of Topliss-reactive ketones (excluding diaryl/α,β-unsaturated/α-hetero) is 1. The van der Waals surface area contributed by atoms with Crippen LogP contribution in [0.2, 0.25) is 0 Å². The van der Waals surface area contributed by atoms with E-state index in [2.05, 4.69) is 6.92 Å². The van der Waals surface area contributed by atoms with Gasteiger partial charge in [-0.3, -0.25) is 14.9 Å². The summed E-state index contributed by atoms with van der Waals surface area (Å²) in [5, 5.41) is 10.8. The average Bonchev–Trinajstić information content (AvgIpc) is 2.82. The van der Waals surface area contributed by atoms with Crippen molar-refractivity contribution < 1.29 is 14.5 Å². The Morgan fingerprint density at radius 1 is 1.45 bits per heavy atom. The normalized spacial score (nSPS) is 20.3. The Morgan fingerprint density at radius 3 is 2.80 bits per heavy atom. The number of non-ortho nitro benzene ring substituents is 1. The molecule has 1 aromatic carbocycles. The molecule has 108 valence electrons. The summed E-state index contributed by atoms with van der Waals surface area (Å²) < 4.78 is 5.91. The van der Waals surface area contributed by atoms with Gasteiger partial charge in [0, 0.05) is 30.5 Å². The number of carbonyl (C=O) groups excluding carboxylic acids is 1. The van der Waals surface area contributed by atoms with Gasteiger partial charge in [-0.1, -0.05) is 20.3 Å². The largest absolute Gasteiger partial charge is 0.479 e. The van der Waals surface area contributed by atoms with Gasteiger partial charge < -0.3 is 4.74 Å². The van der Waals surface area contributed by atoms with Crippen LogP contribution in [0.3, 0.4) is 0 Å². The van der Waals surface area contributed by atoms with Crippen LogP contribution in [-0.2, 0) is 11.2 Å². The molecule has 1 atom stereocenters. The molecule has 5 heteroatoms. The zero-order chi connectivity index (χ0) is 14.8. The predicted molar refractivity (Wildman–Crippen MR) is 75.0 cm³/mol. The summed E-state index contributed by atoms with van der Waals surface area (Å²) in [6.45, 7) is 3.89. The number of nitro groups is 1. The fourth-order valence-corrected chi connectivity index (χ4v) is 2.69. The summed E-state index contributed by atoms with van der Waals surface area (Å²) in [5.74, 6) is 0.679. The standard InChI is InChI=1S/C15H19NO4/c1-3-5-8-15(14(17)4-2)10-11-9-12(16(18)19)6-7-13(11)20-15/h6-7,9H,3-5,8,10H2,1-2H3. The van der Waals surface area contributed by atoms with Crippen molar-refractivity contribution in [2.75, 3.05) is 0 Å². The topological polar surface area (TPSA) is 69.4 Å². The minimum Gasteiger partial charge on any atom is -0.479 e. The fourth-order valence-electron chi connectivity index (χ4n) is 2.69. The number of fused-ring (bicyclic) bond motifs is 1. The number of rotatable bonds is 6. The molecule has 0 saturated carbocycles. The molecule has 0 N–H and O–H groups in total. The monoisotopic (exact) mass is 277 g/mol. The van der Waals surface area contributed by atoms with Gasteiger partial charge in [-0.05, 0) is 18.9 Å². The first kappa shape index (κ1) is 14.5. The molecule has 0 saturated heterocycles. The first-order chi connectivity index (χ1) is 9.52. The summed E-state index contributed by atoms with van der Waals surface area (Å²) in [6.07, 6.45) is 3.41. The van der Waals surface area contributed by atoms with E-state index in [9.17, 15) is 14.9 Å². The molecule has 5 nitrogen and oxygen atoms in total. The lowest BCUT2D eigenvalue weighted by atomic mass is 9.86. The predicted octanol–water partition coefficient (Wildman–Crippen LogP) is 3.44. The Morgan fingerprint density at radius 2 is 2.20 bits per heavy atom. The molecular formula is C15H19NO4. The molecule has 1 aliphatic heterocycles. The number of unbranched alkanes of at least 4 members (excludes halogenated alkanes) is 1. The maximum atomic E-state index is 12.3. The Hall–Kier alpha value is -1.91. The molecule has 0 spiro atoms. The molecule has 1 aliphatic rings. The van der Waals surface area contributed by atoms with E-state index in [1.807, 2.05) is 6.92 Å². The second-order valence-corrected chi connectivity index (χ2v) is 5.20. The van der Waals surface area contributed by atoms with E-state index >= 15 is 0 Å². The van der Waals surface area contributed by atoms with Gasteiger partial charge in [0.2, 0.25) is 0 Å². The van der Waals surface area contributed by atoms with Crippen molar-refractivity contribution in [1.82, 2.24) is 0 Å². The Kier molecular flexibility index (Phi) is 4.06. The molecule has 0 aromatic heterocycles. The molecule has 0 radical (unpaired) electrons. The SMILES string of the molecule is CCCCC1(C(=O)CC)Cc2cc([N+](=O)[O-])ccc2O1. The lowest BCUT2D eigenvalue weighted by molar-refractivity contribution is -0.384. The minimum absolute atomic E-state index is 0.0441. The first-order valence-corrected chi connectivity index (χ1v) is 7.02. The van der Waals surface area contributed by atoms with Gasteiger partial charge in [0.1, 0.15) is 5.75 Å². The number of hydrogen-bond donors (Lipinski definition) is 0. The minimum atomic E-state index is -0.817. The molecule has 20 heavy (non-hydrogen) atoms. The molecule has 1 heterocycles. The van der Waals surface area contributed by atoms with E-state index in [1.54, 1.807) is 6.07 Å². The van der Waals surface area contributed by atoms with Crippen molar-refractivity contribution in [2.24, 2.45) is 0 Å². The van der Waals surface area contributed by atoms with E-state index in [-0.39, 0.29) is 11.5 Å². The summed E-state index contributed by atoms with van der Waals surface area (Å²) in [5.41, 5.74) is -0.0119.